The second-order valence-electron chi connectivity index (χ2n) is 8.75. The van der Waals surface area contributed by atoms with E-state index in [4.69, 9.17) is 14.5 Å². The number of imidazole rings is 1. The standard InChI is InChI=1S/C29H31N3O3S/c1-18(2)20-6-12-23(13-7-20)30-28(33)19(3)36-29-31-26(21-8-14-24(34-4)15-9-21)27(32-29)22-10-16-25(35-5)17-11-22/h6-19H,1-5H3,(H,30,33)(H,31,32). The quantitative estimate of drug-likeness (QED) is 0.241. The molecule has 0 aliphatic rings. The second kappa shape index (κ2) is 11.4. The predicted octanol–water partition coefficient (Wildman–Crippen LogP) is 7.00. The summed E-state index contributed by atoms with van der Waals surface area (Å²) in [7, 11) is 3.29. The molecule has 36 heavy (non-hydrogen) atoms. The smallest absolute Gasteiger partial charge is 0.237 e. The molecule has 4 rings (SSSR count). The average Bonchev–Trinajstić information content (AvgIpc) is 3.32. The number of aromatic nitrogens is 2. The molecule has 1 unspecified atom stereocenters. The van der Waals surface area contributed by atoms with Crippen LogP contribution in [0.15, 0.2) is 78.0 Å². The number of thioether (sulfide) groups is 1. The van der Waals surface area contributed by atoms with Gasteiger partial charge >= 0.3 is 0 Å². The molecule has 0 aliphatic carbocycles. The van der Waals surface area contributed by atoms with Gasteiger partial charge in [-0.3, -0.25) is 4.79 Å². The summed E-state index contributed by atoms with van der Waals surface area (Å²) in [6.07, 6.45) is 0. The predicted molar refractivity (Wildman–Crippen MR) is 147 cm³/mol. The summed E-state index contributed by atoms with van der Waals surface area (Å²) >= 11 is 1.39. The van der Waals surface area contributed by atoms with Crippen molar-refractivity contribution in [1.82, 2.24) is 9.97 Å². The first-order valence-electron chi connectivity index (χ1n) is 11.8. The molecule has 2 N–H and O–H groups in total. The molecular weight excluding hydrogens is 470 g/mol. The molecule has 3 aromatic carbocycles. The number of nitrogens with one attached hydrogen (secondary N) is 2. The van der Waals surface area contributed by atoms with E-state index in [0.29, 0.717) is 11.1 Å². The van der Waals surface area contributed by atoms with Crippen LogP contribution >= 0.6 is 11.8 Å². The molecule has 0 spiro atoms. The number of nitrogens with zero attached hydrogens (tertiary/aromatic N) is 1. The first-order valence-corrected chi connectivity index (χ1v) is 12.7. The van der Waals surface area contributed by atoms with Gasteiger partial charge in [0, 0.05) is 16.8 Å². The number of carbonyl (C=O) groups is 1. The Kier molecular flexibility index (Phi) is 8.00. The molecule has 7 heteroatoms. The number of hydrogen-bond donors (Lipinski definition) is 2. The van der Waals surface area contributed by atoms with Gasteiger partial charge in [0.05, 0.1) is 30.9 Å². The van der Waals surface area contributed by atoms with E-state index in [0.717, 1.165) is 39.7 Å². The van der Waals surface area contributed by atoms with Crippen molar-refractivity contribution >= 4 is 23.4 Å². The van der Waals surface area contributed by atoms with Gasteiger partial charge in [0.1, 0.15) is 11.5 Å². The van der Waals surface area contributed by atoms with Gasteiger partial charge in [0.25, 0.3) is 0 Å². The number of H-pyrrole nitrogens is 1. The highest BCUT2D eigenvalue weighted by Gasteiger charge is 2.20. The summed E-state index contributed by atoms with van der Waals surface area (Å²) < 4.78 is 10.6. The highest BCUT2D eigenvalue weighted by molar-refractivity contribution is 8.00. The maximum atomic E-state index is 12.9. The number of amides is 1. The van der Waals surface area contributed by atoms with Gasteiger partial charge in [-0.05, 0) is 79.1 Å². The molecule has 0 radical (unpaired) electrons. The lowest BCUT2D eigenvalue weighted by molar-refractivity contribution is -0.115. The molecule has 186 valence electrons. The molecule has 0 aliphatic heterocycles. The highest BCUT2D eigenvalue weighted by Crippen LogP contribution is 2.35. The second-order valence-corrected chi connectivity index (χ2v) is 10.1. The van der Waals surface area contributed by atoms with Crippen molar-refractivity contribution in [2.45, 2.75) is 37.1 Å². The van der Waals surface area contributed by atoms with E-state index in [1.54, 1.807) is 14.2 Å². The summed E-state index contributed by atoms with van der Waals surface area (Å²) in [6, 6.07) is 23.6. The highest BCUT2D eigenvalue weighted by atomic mass is 32.2. The monoisotopic (exact) mass is 501 g/mol. The number of rotatable bonds is 9. The van der Waals surface area contributed by atoms with Crippen LogP contribution in [-0.2, 0) is 4.79 Å². The summed E-state index contributed by atoms with van der Waals surface area (Å²) in [6.45, 7) is 6.18. The lowest BCUT2D eigenvalue weighted by atomic mass is 10.0. The first-order chi connectivity index (χ1) is 17.4. The van der Waals surface area contributed by atoms with Crippen molar-refractivity contribution in [3.05, 3.63) is 78.4 Å². The summed E-state index contributed by atoms with van der Waals surface area (Å²) in [5, 5.41) is 3.33. The van der Waals surface area contributed by atoms with Crippen LogP contribution in [0.2, 0.25) is 0 Å². The minimum absolute atomic E-state index is 0.0781. The van der Waals surface area contributed by atoms with Gasteiger partial charge in [-0.15, -0.1) is 0 Å². The maximum Gasteiger partial charge on any atom is 0.237 e. The number of anilines is 1. The molecule has 0 saturated heterocycles. The molecule has 1 amide bonds. The third kappa shape index (κ3) is 5.91. The van der Waals surface area contributed by atoms with Crippen molar-refractivity contribution in [1.29, 1.82) is 0 Å². The molecule has 4 aromatic rings. The lowest BCUT2D eigenvalue weighted by Gasteiger charge is -2.12. The van der Waals surface area contributed by atoms with Crippen molar-refractivity contribution in [2.24, 2.45) is 0 Å². The van der Waals surface area contributed by atoms with Crippen molar-refractivity contribution in [3.8, 4) is 34.0 Å². The van der Waals surface area contributed by atoms with Gasteiger partial charge in [-0.25, -0.2) is 4.98 Å². The Morgan fingerprint density at radius 2 is 1.39 bits per heavy atom. The van der Waals surface area contributed by atoms with Gasteiger partial charge in [0.15, 0.2) is 5.16 Å². The van der Waals surface area contributed by atoms with E-state index in [2.05, 4.69) is 24.1 Å². The number of aromatic amines is 1. The Balaban J connectivity index is 1.57. The number of hydrogen-bond acceptors (Lipinski definition) is 5. The summed E-state index contributed by atoms with van der Waals surface area (Å²) in [5.74, 6) is 1.93. The molecule has 1 aromatic heterocycles. The molecular formula is C29H31N3O3S. The van der Waals surface area contributed by atoms with Crippen molar-refractivity contribution < 1.29 is 14.3 Å². The third-order valence-corrected chi connectivity index (χ3v) is 6.91. The minimum Gasteiger partial charge on any atom is -0.497 e. The van der Waals surface area contributed by atoms with Crippen LogP contribution in [0.25, 0.3) is 22.5 Å². The van der Waals surface area contributed by atoms with Crippen LogP contribution in [0.5, 0.6) is 11.5 Å². The number of carbonyl (C=O) groups excluding carboxylic acids is 1. The van der Waals surface area contributed by atoms with Crippen molar-refractivity contribution in [3.63, 3.8) is 0 Å². The number of benzene rings is 3. The van der Waals surface area contributed by atoms with Gasteiger partial charge in [-0.1, -0.05) is 37.7 Å². The van der Waals surface area contributed by atoms with E-state index < -0.39 is 0 Å². The molecule has 1 atom stereocenters. The number of ether oxygens (including phenoxy) is 2. The zero-order valence-electron chi connectivity index (χ0n) is 21.2. The van der Waals surface area contributed by atoms with Crippen LogP contribution in [0.1, 0.15) is 32.3 Å². The Morgan fingerprint density at radius 3 is 1.92 bits per heavy atom. The Labute approximate surface area is 216 Å². The first kappa shape index (κ1) is 25.4. The normalized spacial score (nSPS) is 11.8. The third-order valence-electron chi connectivity index (χ3n) is 5.93. The van der Waals surface area contributed by atoms with Gasteiger partial charge in [0.2, 0.25) is 5.91 Å². The fraction of sp³-hybridized carbons (Fsp3) is 0.241. The largest absolute Gasteiger partial charge is 0.497 e. The van der Waals surface area contributed by atoms with E-state index in [9.17, 15) is 4.79 Å². The molecule has 0 bridgehead atoms. The van der Waals surface area contributed by atoms with Gasteiger partial charge < -0.3 is 19.8 Å². The van der Waals surface area contributed by atoms with Crippen LogP contribution in [0.4, 0.5) is 5.69 Å². The maximum absolute atomic E-state index is 12.9. The zero-order valence-corrected chi connectivity index (χ0v) is 22.0. The van der Waals surface area contributed by atoms with Crippen LogP contribution in [-0.4, -0.2) is 35.3 Å². The van der Waals surface area contributed by atoms with Crippen LogP contribution in [0, 0.1) is 0 Å². The molecule has 6 nitrogen and oxygen atoms in total. The van der Waals surface area contributed by atoms with E-state index in [-0.39, 0.29) is 11.2 Å². The number of methoxy groups -OCH3 is 2. The average molecular weight is 502 g/mol. The molecule has 0 fully saturated rings. The zero-order chi connectivity index (χ0) is 25.7. The molecule has 0 saturated carbocycles. The van der Waals surface area contributed by atoms with Gasteiger partial charge in [-0.2, -0.15) is 0 Å². The summed E-state index contributed by atoms with van der Waals surface area (Å²) in [5.41, 5.74) is 5.64. The Morgan fingerprint density at radius 1 is 0.833 bits per heavy atom. The van der Waals surface area contributed by atoms with E-state index >= 15 is 0 Å². The van der Waals surface area contributed by atoms with Crippen molar-refractivity contribution in [2.75, 3.05) is 19.5 Å². The molecule has 1 heterocycles. The Hall–Kier alpha value is -3.71. The topological polar surface area (TPSA) is 76.2 Å². The lowest BCUT2D eigenvalue weighted by Crippen LogP contribution is -2.22. The Bertz CT molecular complexity index is 1230. The van der Waals surface area contributed by atoms with E-state index in [1.165, 1.54) is 17.3 Å². The fourth-order valence-electron chi connectivity index (χ4n) is 3.75. The minimum atomic E-state index is -0.353. The SMILES string of the molecule is COc1ccc(-c2nc(SC(C)C(=O)Nc3ccc(C(C)C)cc3)[nH]c2-c2ccc(OC)cc2)cc1. The van der Waals surface area contributed by atoms with Crippen LogP contribution < -0.4 is 14.8 Å². The van der Waals surface area contributed by atoms with Crippen LogP contribution in [0.3, 0.4) is 0 Å². The fourth-order valence-corrected chi connectivity index (χ4v) is 4.55. The van der Waals surface area contributed by atoms with E-state index in [1.807, 2.05) is 79.7 Å². The summed E-state index contributed by atoms with van der Waals surface area (Å²) in [4.78, 5) is 21.2.